The summed E-state index contributed by atoms with van der Waals surface area (Å²) in [6, 6.07) is 6.34. The summed E-state index contributed by atoms with van der Waals surface area (Å²) >= 11 is 0. The maximum atomic E-state index is 12.4. The first-order chi connectivity index (χ1) is 10.6. The molecule has 0 spiro atoms. The number of hydrogen-bond acceptors (Lipinski definition) is 3. The Hall–Kier alpha value is -1.55. The number of amides is 1. The smallest absolute Gasteiger partial charge is 0.222 e. The van der Waals surface area contributed by atoms with Crippen LogP contribution in [0.25, 0.3) is 0 Å². The fourth-order valence-electron chi connectivity index (χ4n) is 3.51. The second-order valence-electron chi connectivity index (χ2n) is 6.77. The molecule has 3 rings (SSSR count). The normalized spacial score (nSPS) is 24.6. The number of rotatable bonds is 5. The van der Waals surface area contributed by atoms with Gasteiger partial charge in [-0.05, 0) is 55.2 Å². The Morgan fingerprint density at radius 3 is 2.82 bits per heavy atom. The lowest BCUT2D eigenvalue weighted by Crippen LogP contribution is -2.32. The summed E-state index contributed by atoms with van der Waals surface area (Å²) in [6.45, 7) is 3.62. The van der Waals surface area contributed by atoms with E-state index in [0.29, 0.717) is 12.3 Å². The standard InChI is InChI=1S/C18H26N2O2/c1-12-3-4-13(9-17(12)22-2)5-8-18(21)20-10-15(14-6-7-14)16(19)11-20/h3-4,9,14-16H,5-8,10-11,19H2,1-2H3/t15-,16+/m1/s1. The van der Waals surface area contributed by atoms with Crippen LogP contribution in [-0.2, 0) is 11.2 Å². The van der Waals surface area contributed by atoms with E-state index in [0.717, 1.165) is 42.3 Å². The fourth-order valence-corrected chi connectivity index (χ4v) is 3.51. The van der Waals surface area contributed by atoms with Crippen LogP contribution in [-0.4, -0.2) is 37.0 Å². The minimum atomic E-state index is 0.177. The van der Waals surface area contributed by atoms with Gasteiger partial charge in [0.15, 0.2) is 0 Å². The van der Waals surface area contributed by atoms with Gasteiger partial charge in [-0.3, -0.25) is 4.79 Å². The van der Waals surface area contributed by atoms with Gasteiger partial charge in [0.05, 0.1) is 7.11 Å². The average Bonchev–Trinajstić information content (AvgIpc) is 3.28. The first kappa shape index (κ1) is 15.3. The second kappa shape index (κ2) is 6.29. The van der Waals surface area contributed by atoms with Gasteiger partial charge in [0, 0.05) is 25.6 Å². The molecule has 1 aliphatic carbocycles. The first-order valence-corrected chi connectivity index (χ1v) is 8.25. The van der Waals surface area contributed by atoms with Crippen LogP contribution in [0.2, 0.25) is 0 Å². The summed E-state index contributed by atoms with van der Waals surface area (Å²) < 4.78 is 5.34. The molecule has 1 aromatic carbocycles. The largest absolute Gasteiger partial charge is 0.496 e. The Labute approximate surface area is 132 Å². The zero-order valence-electron chi connectivity index (χ0n) is 13.5. The molecule has 22 heavy (non-hydrogen) atoms. The third-order valence-electron chi connectivity index (χ3n) is 5.09. The van der Waals surface area contributed by atoms with Crippen LogP contribution < -0.4 is 10.5 Å². The van der Waals surface area contributed by atoms with E-state index in [1.165, 1.54) is 12.8 Å². The Kier molecular flexibility index (Phi) is 4.39. The fraction of sp³-hybridized carbons (Fsp3) is 0.611. The third-order valence-corrected chi connectivity index (χ3v) is 5.09. The van der Waals surface area contributed by atoms with Crippen LogP contribution in [0.3, 0.4) is 0 Å². The molecule has 4 nitrogen and oxygen atoms in total. The number of nitrogens with zero attached hydrogens (tertiary/aromatic N) is 1. The third kappa shape index (κ3) is 3.27. The van der Waals surface area contributed by atoms with Gasteiger partial charge in [0.1, 0.15) is 5.75 Å². The lowest BCUT2D eigenvalue weighted by molar-refractivity contribution is -0.130. The highest BCUT2D eigenvalue weighted by molar-refractivity contribution is 5.77. The van der Waals surface area contributed by atoms with Gasteiger partial charge in [-0.2, -0.15) is 0 Å². The summed E-state index contributed by atoms with van der Waals surface area (Å²) in [5.41, 5.74) is 8.47. The molecule has 0 aromatic heterocycles. The molecule has 2 atom stereocenters. The van der Waals surface area contributed by atoms with Crippen molar-refractivity contribution >= 4 is 5.91 Å². The van der Waals surface area contributed by atoms with E-state index in [4.69, 9.17) is 10.5 Å². The predicted octanol–water partition coefficient (Wildman–Crippen LogP) is 2.13. The average molecular weight is 302 g/mol. The van der Waals surface area contributed by atoms with Crippen molar-refractivity contribution in [3.63, 3.8) is 0 Å². The zero-order chi connectivity index (χ0) is 15.7. The number of carbonyl (C=O) groups excluding carboxylic acids is 1. The van der Waals surface area contributed by atoms with E-state index in [-0.39, 0.29) is 11.9 Å². The monoisotopic (exact) mass is 302 g/mol. The van der Waals surface area contributed by atoms with Crippen LogP contribution in [0.5, 0.6) is 5.75 Å². The van der Waals surface area contributed by atoms with Crippen molar-refractivity contribution in [3.05, 3.63) is 29.3 Å². The number of likely N-dealkylation sites (tertiary alicyclic amines) is 1. The Morgan fingerprint density at radius 2 is 2.14 bits per heavy atom. The highest BCUT2D eigenvalue weighted by Crippen LogP contribution is 2.40. The van der Waals surface area contributed by atoms with Crippen LogP contribution in [0, 0.1) is 18.8 Å². The van der Waals surface area contributed by atoms with Gasteiger partial charge in [-0.15, -0.1) is 0 Å². The van der Waals surface area contributed by atoms with E-state index in [2.05, 4.69) is 6.07 Å². The number of nitrogens with two attached hydrogens (primary N) is 1. The van der Waals surface area contributed by atoms with Crippen molar-refractivity contribution in [2.75, 3.05) is 20.2 Å². The molecule has 2 N–H and O–H groups in total. The summed E-state index contributed by atoms with van der Waals surface area (Å²) in [4.78, 5) is 14.4. The molecule has 1 aliphatic heterocycles. The van der Waals surface area contributed by atoms with E-state index in [1.54, 1.807) is 7.11 Å². The van der Waals surface area contributed by atoms with E-state index < -0.39 is 0 Å². The highest BCUT2D eigenvalue weighted by atomic mass is 16.5. The van der Waals surface area contributed by atoms with E-state index in [1.807, 2.05) is 24.0 Å². The number of aryl methyl sites for hydroxylation is 2. The molecule has 1 heterocycles. The van der Waals surface area contributed by atoms with Gasteiger partial charge < -0.3 is 15.4 Å². The van der Waals surface area contributed by atoms with Crippen LogP contribution in [0.1, 0.15) is 30.4 Å². The molecule has 0 radical (unpaired) electrons. The van der Waals surface area contributed by atoms with E-state index in [9.17, 15) is 4.79 Å². The topological polar surface area (TPSA) is 55.6 Å². The molecular formula is C18H26N2O2. The van der Waals surface area contributed by atoms with Gasteiger partial charge >= 0.3 is 0 Å². The van der Waals surface area contributed by atoms with Crippen molar-refractivity contribution in [2.45, 2.75) is 38.6 Å². The molecule has 0 bridgehead atoms. The first-order valence-electron chi connectivity index (χ1n) is 8.25. The second-order valence-corrected chi connectivity index (χ2v) is 6.77. The minimum absolute atomic E-state index is 0.177. The molecule has 1 aromatic rings. The zero-order valence-corrected chi connectivity index (χ0v) is 13.5. The molecule has 0 unspecified atom stereocenters. The SMILES string of the molecule is COc1cc(CCC(=O)N2C[C@H](C3CC3)[C@@H](N)C2)ccc1C. The summed E-state index contributed by atoms with van der Waals surface area (Å²) in [6.07, 6.45) is 3.90. The molecule has 2 fully saturated rings. The Bertz CT molecular complexity index is 554. The molecular weight excluding hydrogens is 276 g/mol. The maximum Gasteiger partial charge on any atom is 0.222 e. The lowest BCUT2D eigenvalue weighted by Gasteiger charge is -2.16. The number of carbonyl (C=O) groups is 1. The molecule has 120 valence electrons. The van der Waals surface area contributed by atoms with E-state index >= 15 is 0 Å². The maximum absolute atomic E-state index is 12.4. The number of hydrogen-bond donors (Lipinski definition) is 1. The minimum Gasteiger partial charge on any atom is -0.496 e. The van der Waals surface area contributed by atoms with Crippen LogP contribution >= 0.6 is 0 Å². The summed E-state index contributed by atoms with van der Waals surface area (Å²) in [5, 5.41) is 0. The van der Waals surface area contributed by atoms with Crippen molar-refractivity contribution in [1.29, 1.82) is 0 Å². The van der Waals surface area contributed by atoms with Gasteiger partial charge in [0.25, 0.3) is 0 Å². The summed E-state index contributed by atoms with van der Waals surface area (Å²) in [5.74, 6) is 2.43. The summed E-state index contributed by atoms with van der Waals surface area (Å²) in [7, 11) is 1.68. The number of benzene rings is 1. The van der Waals surface area contributed by atoms with Crippen LogP contribution in [0.15, 0.2) is 18.2 Å². The Balaban J connectivity index is 1.54. The Morgan fingerprint density at radius 1 is 1.36 bits per heavy atom. The van der Waals surface area contributed by atoms with Gasteiger partial charge in [0.2, 0.25) is 5.91 Å². The van der Waals surface area contributed by atoms with Crippen molar-refractivity contribution in [3.8, 4) is 5.75 Å². The number of ether oxygens (including phenoxy) is 1. The molecule has 1 saturated carbocycles. The van der Waals surface area contributed by atoms with Crippen molar-refractivity contribution < 1.29 is 9.53 Å². The van der Waals surface area contributed by atoms with Gasteiger partial charge in [-0.1, -0.05) is 12.1 Å². The lowest BCUT2D eigenvalue weighted by atomic mass is 9.99. The molecule has 1 saturated heterocycles. The predicted molar refractivity (Wildman–Crippen MR) is 86.8 cm³/mol. The van der Waals surface area contributed by atoms with Gasteiger partial charge in [-0.25, -0.2) is 0 Å². The van der Waals surface area contributed by atoms with Crippen molar-refractivity contribution in [1.82, 2.24) is 4.90 Å². The molecule has 2 aliphatic rings. The van der Waals surface area contributed by atoms with Crippen molar-refractivity contribution in [2.24, 2.45) is 17.6 Å². The van der Waals surface area contributed by atoms with Crippen LogP contribution in [0.4, 0.5) is 0 Å². The highest BCUT2D eigenvalue weighted by Gasteiger charge is 2.41. The quantitative estimate of drug-likeness (QED) is 0.906. The molecule has 1 amide bonds. The number of methoxy groups -OCH3 is 1. The molecule has 4 heteroatoms.